The van der Waals surface area contributed by atoms with Crippen LogP contribution >= 0.6 is 0 Å². The lowest BCUT2D eigenvalue weighted by atomic mass is 10.1. The zero-order valence-corrected chi connectivity index (χ0v) is 14.2. The zero-order chi connectivity index (χ0) is 17.3. The molecule has 0 aromatic heterocycles. The van der Waals surface area contributed by atoms with Gasteiger partial charge < -0.3 is 9.64 Å². The number of hydrogen-bond acceptors (Lipinski definition) is 3. The van der Waals surface area contributed by atoms with Crippen molar-refractivity contribution >= 4 is 17.6 Å². The largest absolute Gasteiger partial charge is 0.449 e. The van der Waals surface area contributed by atoms with E-state index in [0.29, 0.717) is 12.1 Å². The molecule has 0 aliphatic carbocycles. The lowest BCUT2D eigenvalue weighted by Gasteiger charge is -2.21. The molecule has 0 radical (unpaired) electrons. The van der Waals surface area contributed by atoms with Gasteiger partial charge in [0.05, 0.1) is 5.56 Å². The van der Waals surface area contributed by atoms with Crippen molar-refractivity contribution in [3.8, 4) is 0 Å². The maximum Gasteiger partial charge on any atom is 0.338 e. The van der Waals surface area contributed by atoms with Crippen molar-refractivity contribution < 1.29 is 14.3 Å². The normalized spacial score (nSPS) is 14.2. The minimum Gasteiger partial charge on any atom is -0.449 e. The van der Waals surface area contributed by atoms with Crippen molar-refractivity contribution in [3.05, 3.63) is 64.7 Å². The molecule has 2 aromatic rings. The van der Waals surface area contributed by atoms with E-state index in [9.17, 15) is 9.59 Å². The maximum atomic E-state index is 12.7. The van der Waals surface area contributed by atoms with Gasteiger partial charge in [0, 0.05) is 12.2 Å². The first-order valence-corrected chi connectivity index (χ1v) is 8.14. The molecule has 2 aromatic carbocycles. The Kier molecular flexibility index (Phi) is 4.38. The molecule has 124 valence electrons. The summed E-state index contributed by atoms with van der Waals surface area (Å²) in [6.45, 7) is 6.12. The number of carbonyl (C=O) groups excluding carboxylic acids is 2. The van der Waals surface area contributed by atoms with Crippen LogP contribution in [0.25, 0.3) is 0 Å². The number of amides is 1. The van der Waals surface area contributed by atoms with Crippen molar-refractivity contribution in [2.45, 2.75) is 33.3 Å². The van der Waals surface area contributed by atoms with Gasteiger partial charge in [0.1, 0.15) is 0 Å². The Hall–Kier alpha value is -2.62. The number of carbonyl (C=O) groups is 2. The molecule has 0 saturated heterocycles. The van der Waals surface area contributed by atoms with Crippen LogP contribution in [0, 0.1) is 13.8 Å². The molecule has 0 spiro atoms. The Morgan fingerprint density at radius 2 is 1.75 bits per heavy atom. The minimum absolute atomic E-state index is 0.183. The molecule has 0 bridgehead atoms. The molecular formula is C20H21NO3. The van der Waals surface area contributed by atoms with Gasteiger partial charge in [0.25, 0.3) is 5.91 Å². The molecule has 0 fully saturated rings. The monoisotopic (exact) mass is 323 g/mol. The van der Waals surface area contributed by atoms with Gasteiger partial charge in [0.15, 0.2) is 6.10 Å². The van der Waals surface area contributed by atoms with Crippen molar-refractivity contribution in [3.63, 3.8) is 0 Å². The molecule has 4 nitrogen and oxygen atoms in total. The van der Waals surface area contributed by atoms with E-state index in [1.165, 1.54) is 0 Å². The topological polar surface area (TPSA) is 46.6 Å². The number of nitrogens with zero attached hydrogens (tertiary/aromatic N) is 1. The lowest BCUT2D eigenvalue weighted by Crippen LogP contribution is -2.39. The molecule has 1 aliphatic heterocycles. The summed E-state index contributed by atoms with van der Waals surface area (Å²) in [5.41, 5.74) is 4.54. The van der Waals surface area contributed by atoms with Crippen LogP contribution in [0.4, 0.5) is 5.69 Å². The van der Waals surface area contributed by atoms with E-state index in [1.54, 1.807) is 24.0 Å². The Morgan fingerprint density at radius 1 is 1.08 bits per heavy atom. The third-order valence-corrected chi connectivity index (χ3v) is 4.24. The van der Waals surface area contributed by atoms with Crippen LogP contribution in [0.15, 0.2) is 42.5 Å². The SMILES string of the molecule is Cc1cc(C)cc(C(=O)OC(C)C(=O)N2CCc3ccccc32)c1. The van der Waals surface area contributed by atoms with Crippen LogP contribution in [0.2, 0.25) is 0 Å². The van der Waals surface area contributed by atoms with E-state index in [4.69, 9.17) is 4.74 Å². The maximum absolute atomic E-state index is 12.7. The Labute approximate surface area is 142 Å². The second kappa shape index (κ2) is 6.48. The molecule has 1 aliphatic rings. The van der Waals surface area contributed by atoms with Crippen LogP contribution in [-0.4, -0.2) is 24.5 Å². The van der Waals surface area contributed by atoms with Gasteiger partial charge in [-0.05, 0) is 51.0 Å². The van der Waals surface area contributed by atoms with E-state index in [0.717, 1.165) is 28.8 Å². The molecular weight excluding hydrogens is 302 g/mol. The second-order valence-corrected chi connectivity index (χ2v) is 6.29. The molecule has 1 atom stereocenters. The van der Waals surface area contributed by atoms with Gasteiger partial charge in [-0.25, -0.2) is 4.79 Å². The van der Waals surface area contributed by atoms with Crippen LogP contribution < -0.4 is 4.90 Å². The number of aryl methyl sites for hydroxylation is 2. The van der Waals surface area contributed by atoms with E-state index in [2.05, 4.69) is 0 Å². The van der Waals surface area contributed by atoms with Crippen molar-refractivity contribution in [2.75, 3.05) is 11.4 Å². The van der Waals surface area contributed by atoms with E-state index >= 15 is 0 Å². The summed E-state index contributed by atoms with van der Waals surface area (Å²) in [4.78, 5) is 26.7. The van der Waals surface area contributed by atoms with Crippen LogP contribution in [0.3, 0.4) is 0 Å². The standard InChI is InChI=1S/C20H21NO3/c1-13-10-14(2)12-17(11-13)20(23)24-15(3)19(22)21-9-8-16-6-4-5-7-18(16)21/h4-7,10-12,15H,8-9H2,1-3H3. The zero-order valence-electron chi connectivity index (χ0n) is 14.2. The number of esters is 1. The Bertz CT molecular complexity index is 777. The molecule has 1 unspecified atom stereocenters. The summed E-state index contributed by atoms with van der Waals surface area (Å²) in [5.74, 6) is -0.646. The van der Waals surface area contributed by atoms with Crippen molar-refractivity contribution in [2.24, 2.45) is 0 Å². The fraction of sp³-hybridized carbons (Fsp3) is 0.300. The van der Waals surface area contributed by atoms with Gasteiger partial charge in [-0.3, -0.25) is 4.79 Å². The molecule has 1 heterocycles. The predicted molar refractivity (Wildman–Crippen MR) is 93.3 cm³/mol. The number of rotatable bonds is 3. The highest BCUT2D eigenvalue weighted by Crippen LogP contribution is 2.28. The fourth-order valence-corrected chi connectivity index (χ4v) is 3.16. The average Bonchev–Trinajstić information content (AvgIpc) is 2.97. The molecule has 4 heteroatoms. The summed E-state index contributed by atoms with van der Waals surface area (Å²) in [7, 11) is 0. The highest BCUT2D eigenvalue weighted by atomic mass is 16.5. The molecule has 24 heavy (non-hydrogen) atoms. The summed E-state index contributed by atoms with van der Waals surface area (Å²) in [6, 6.07) is 13.4. The highest BCUT2D eigenvalue weighted by Gasteiger charge is 2.29. The van der Waals surface area contributed by atoms with Gasteiger partial charge in [-0.2, -0.15) is 0 Å². The number of ether oxygens (including phenoxy) is 1. The smallest absolute Gasteiger partial charge is 0.338 e. The number of anilines is 1. The predicted octanol–water partition coefficient (Wildman–Crippen LogP) is 3.44. The molecule has 0 N–H and O–H groups in total. The third-order valence-electron chi connectivity index (χ3n) is 4.24. The number of fused-ring (bicyclic) bond motifs is 1. The Morgan fingerprint density at radius 3 is 2.46 bits per heavy atom. The van der Waals surface area contributed by atoms with Gasteiger partial charge in [-0.15, -0.1) is 0 Å². The van der Waals surface area contributed by atoms with Crippen molar-refractivity contribution in [1.29, 1.82) is 0 Å². The van der Waals surface area contributed by atoms with Gasteiger partial charge >= 0.3 is 5.97 Å². The van der Waals surface area contributed by atoms with E-state index in [1.807, 2.05) is 44.2 Å². The second-order valence-electron chi connectivity index (χ2n) is 6.29. The molecule has 0 saturated carbocycles. The van der Waals surface area contributed by atoms with Gasteiger partial charge in [0.2, 0.25) is 0 Å². The van der Waals surface area contributed by atoms with Crippen LogP contribution in [0.5, 0.6) is 0 Å². The van der Waals surface area contributed by atoms with Gasteiger partial charge in [-0.1, -0.05) is 35.4 Å². The summed E-state index contributed by atoms with van der Waals surface area (Å²) < 4.78 is 5.41. The summed E-state index contributed by atoms with van der Waals surface area (Å²) in [6.07, 6.45) is 0.0177. The highest BCUT2D eigenvalue weighted by molar-refractivity contribution is 6.00. The first kappa shape index (κ1) is 16.2. The number of hydrogen-bond donors (Lipinski definition) is 0. The molecule has 1 amide bonds. The summed E-state index contributed by atoms with van der Waals surface area (Å²) in [5, 5.41) is 0. The first-order valence-electron chi connectivity index (χ1n) is 8.14. The average molecular weight is 323 g/mol. The molecule has 3 rings (SSSR count). The quantitative estimate of drug-likeness (QED) is 0.813. The fourth-order valence-electron chi connectivity index (χ4n) is 3.16. The van der Waals surface area contributed by atoms with Crippen molar-refractivity contribution in [1.82, 2.24) is 0 Å². The summed E-state index contributed by atoms with van der Waals surface area (Å²) >= 11 is 0. The van der Waals surface area contributed by atoms with Crippen LogP contribution in [-0.2, 0) is 16.0 Å². The van der Waals surface area contributed by atoms with E-state index < -0.39 is 12.1 Å². The van der Waals surface area contributed by atoms with E-state index in [-0.39, 0.29) is 5.91 Å². The Balaban J connectivity index is 1.72. The van der Waals surface area contributed by atoms with Crippen LogP contribution in [0.1, 0.15) is 34.0 Å². The minimum atomic E-state index is -0.815. The number of para-hydroxylation sites is 1. The third kappa shape index (κ3) is 3.18. The lowest BCUT2D eigenvalue weighted by molar-refractivity contribution is -0.126. The number of benzene rings is 2. The first-order chi connectivity index (χ1) is 11.5.